The molecule has 2 aromatic carbocycles. The number of carbonyl (C=O) groups excluding carboxylic acids is 1. The van der Waals surface area contributed by atoms with Crippen molar-refractivity contribution < 1.29 is 19.2 Å². The standard InChI is InChI=1S/C22H18N2O4S/c1-13-8-18(23-28-13)22(26)24-6-7-27-21-15(11-24)9-14(10-19(21)25)17-12-29-20-5-3-2-4-16(17)20/h2-5,8-10,12,25H,6-7,11H2,1H3. The SMILES string of the molecule is Cc1cc(C(=O)N2CCOc3c(O)cc(-c4csc5ccccc45)cc3C2)no1. The number of thiophene rings is 1. The van der Waals surface area contributed by atoms with Gasteiger partial charge >= 0.3 is 0 Å². The number of aryl methyl sites for hydroxylation is 1. The van der Waals surface area contributed by atoms with Crippen LogP contribution in [0, 0.1) is 6.92 Å². The van der Waals surface area contributed by atoms with E-state index in [0.29, 0.717) is 31.2 Å². The predicted molar refractivity (Wildman–Crippen MR) is 110 cm³/mol. The van der Waals surface area contributed by atoms with Gasteiger partial charge in [-0.15, -0.1) is 11.3 Å². The van der Waals surface area contributed by atoms with Crippen molar-refractivity contribution in [1.29, 1.82) is 0 Å². The third-order valence-corrected chi connectivity index (χ3v) is 6.00. The Kier molecular flexibility index (Phi) is 4.24. The van der Waals surface area contributed by atoms with E-state index in [9.17, 15) is 9.90 Å². The molecule has 0 saturated heterocycles. The zero-order chi connectivity index (χ0) is 20.0. The molecule has 0 fully saturated rings. The van der Waals surface area contributed by atoms with Crippen LogP contribution in [0.25, 0.3) is 21.2 Å². The largest absolute Gasteiger partial charge is 0.504 e. The Hall–Kier alpha value is -3.32. The molecule has 2 aromatic heterocycles. The second kappa shape index (κ2) is 6.93. The van der Waals surface area contributed by atoms with Crippen LogP contribution in [0.4, 0.5) is 0 Å². The highest BCUT2D eigenvalue weighted by atomic mass is 32.1. The fourth-order valence-electron chi connectivity index (χ4n) is 3.66. The molecule has 0 unspecified atom stereocenters. The Balaban J connectivity index is 1.54. The second-order valence-corrected chi connectivity index (χ2v) is 7.94. The van der Waals surface area contributed by atoms with Gasteiger partial charge in [0.2, 0.25) is 0 Å². The summed E-state index contributed by atoms with van der Waals surface area (Å²) in [5.74, 6) is 0.882. The third kappa shape index (κ3) is 3.13. The molecule has 1 aliphatic heterocycles. The molecule has 0 bridgehead atoms. The average molecular weight is 406 g/mol. The van der Waals surface area contributed by atoms with Crippen molar-refractivity contribution in [3.8, 4) is 22.6 Å². The van der Waals surface area contributed by atoms with E-state index in [4.69, 9.17) is 9.26 Å². The van der Waals surface area contributed by atoms with Crippen LogP contribution >= 0.6 is 11.3 Å². The number of phenolic OH excluding ortho intramolecular Hbond substituents is 1. The van der Waals surface area contributed by atoms with Gasteiger partial charge in [-0.1, -0.05) is 23.4 Å². The molecule has 0 radical (unpaired) electrons. The number of aromatic hydroxyl groups is 1. The summed E-state index contributed by atoms with van der Waals surface area (Å²) in [7, 11) is 0. The first-order chi connectivity index (χ1) is 14.1. The second-order valence-electron chi connectivity index (χ2n) is 7.03. The van der Waals surface area contributed by atoms with Crippen LogP contribution in [0.5, 0.6) is 11.5 Å². The number of carbonyl (C=O) groups is 1. The van der Waals surface area contributed by atoms with Crippen molar-refractivity contribution in [2.75, 3.05) is 13.2 Å². The molecule has 7 heteroatoms. The highest BCUT2D eigenvalue weighted by molar-refractivity contribution is 7.17. The van der Waals surface area contributed by atoms with Crippen molar-refractivity contribution in [3.05, 3.63) is 64.9 Å². The first-order valence-electron chi connectivity index (χ1n) is 9.28. The van der Waals surface area contributed by atoms with E-state index in [1.54, 1.807) is 35.3 Å². The van der Waals surface area contributed by atoms with Crippen molar-refractivity contribution in [1.82, 2.24) is 10.1 Å². The summed E-state index contributed by atoms with van der Waals surface area (Å²) in [4.78, 5) is 14.5. The van der Waals surface area contributed by atoms with Gasteiger partial charge in [0.25, 0.3) is 5.91 Å². The fraction of sp³-hybridized carbons (Fsp3) is 0.182. The van der Waals surface area contributed by atoms with Crippen molar-refractivity contribution >= 4 is 27.3 Å². The Bertz CT molecular complexity index is 1230. The first-order valence-corrected chi connectivity index (χ1v) is 10.2. The lowest BCUT2D eigenvalue weighted by molar-refractivity contribution is 0.0722. The molecule has 5 rings (SSSR count). The highest BCUT2D eigenvalue weighted by Gasteiger charge is 2.25. The summed E-state index contributed by atoms with van der Waals surface area (Å²) >= 11 is 1.67. The summed E-state index contributed by atoms with van der Waals surface area (Å²) in [6.07, 6.45) is 0. The molecule has 146 valence electrons. The van der Waals surface area contributed by atoms with Gasteiger partial charge in [-0.05, 0) is 36.1 Å². The monoisotopic (exact) mass is 406 g/mol. The summed E-state index contributed by atoms with van der Waals surface area (Å²) in [5.41, 5.74) is 2.99. The van der Waals surface area contributed by atoms with Gasteiger partial charge < -0.3 is 19.3 Å². The summed E-state index contributed by atoms with van der Waals surface area (Å²) in [6.45, 7) is 2.77. The number of phenols is 1. The van der Waals surface area contributed by atoms with Gasteiger partial charge in [0, 0.05) is 33.8 Å². The molecule has 1 N–H and O–H groups in total. The smallest absolute Gasteiger partial charge is 0.276 e. The number of amides is 1. The van der Waals surface area contributed by atoms with E-state index in [1.807, 2.05) is 18.2 Å². The van der Waals surface area contributed by atoms with Crippen LogP contribution in [0.1, 0.15) is 21.8 Å². The minimum absolute atomic E-state index is 0.0827. The minimum atomic E-state index is -0.218. The van der Waals surface area contributed by atoms with Gasteiger partial charge in [0.1, 0.15) is 12.4 Å². The number of ether oxygens (including phenoxy) is 1. The van der Waals surface area contributed by atoms with E-state index in [-0.39, 0.29) is 17.4 Å². The summed E-state index contributed by atoms with van der Waals surface area (Å²) < 4.78 is 12.0. The Morgan fingerprint density at radius 3 is 2.93 bits per heavy atom. The zero-order valence-electron chi connectivity index (χ0n) is 15.7. The molecule has 0 saturated carbocycles. The topological polar surface area (TPSA) is 75.8 Å². The van der Waals surface area contributed by atoms with E-state index in [2.05, 4.69) is 22.7 Å². The van der Waals surface area contributed by atoms with E-state index in [0.717, 1.165) is 22.1 Å². The molecule has 0 atom stereocenters. The molecule has 4 aromatic rings. The molecule has 29 heavy (non-hydrogen) atoms. The maximum Gasteiger partial charge on any atom is 0.276 e. The van der Waals surface area contributed by atoms with Crippen molar-refractivity contribution in [2.24, 2.45) is 0 Å². The zero-order valence-corrected chi connectivity index (χ0v) is 16.5. The van der Waals surface area contributed by atoms with Gasteiger partial charge in [-0.2, -0.15) is 0 Å². The van der Waals surface area contributed by atoms with Gasteiger partial charge in [0.05, 0.1) is 6.54 Å². The van der Waals surface area contributed by atoms with Crippen LogP contribution < -0.4 is 4.74 Å². The summed E-state index contributed by atoms with van der Waals surface area (Å²) in [5, 5.41) is 17.7. The Morgan fingerprint density at radius 1 is 1.24 bits per heavy atom. The van der Waals surface area contributed by atoms with Crippen LogP contribution in [-0.4, -0.2) is 34.2 Å². The highest BCUT2D eigenvalue weighted by Crippen LogP contribution is 2.41. The number of nitrogens with zero attached hydrogens (tertiary/aromatic N) is 2. The maximum atomic E-state index is 12.8. The van der Waals surface area contributed by atoms with Crippen LogP contribution in [0.3, 0.4) is 0 Å². The molecule has 1 aliphatic rings. The van der Waals surface area contributed by atoms with Crippen LogP contribution in [-0.2, 0) is 6.54 Å². The number of benzene rings is 2. The Morgan fingerprint density at radius 2 is 2.10 bits per heavy atom. The number of rotatable bonds is 2. The molecule has 0 aliphatic carbocycles. The van der Waals surface area contributed by atoms with Gasteiger partial charge in [-0.3, -0.25) is 4.79 Å². The predicted octanol–water partition coefficient (Wildman–Crippen LogP) is 4.61. The number of aromatic nitrogens is 1. The van der Waals surface area contributed by atoms with Gasteiger partial charge in [-0.25, -0.2) is 0 Å². The molecule has 3 heterocycles. The lowest BCUT2D eigenvalue weighted by atomic mass is 10.0. The van der Waals surface area contributed by atoms with Crippen LogP contribution in [0.15, 0.2) is 52.4 Å². The maximum absolute atomic E-state index is 12.8. The third-order valence-electron chi connectivity index (χ3n) is 5.04. The van der Waals surface area contributed by atoms with Gasteiger partial charge in [0.15, 0.2) is 17.2 Å². The van der Waals surface area contributed by atoms with E-state index >= 15 is 0 Å². The molecular weight excluding hydrogens is 388 g/mol. The molecule has 6 nitrogen and oxygen atoms in total. The fourth-order valence-corrected chi connectivity index (χ4v) is 4.63. The quantitative estimate of drug-likeness (QED) is 0.526. The lowest BCUT2D eigenvalue weighted by Crippen LogP contribution is -2.32. The van der Waals surface area contributed by atoms with Crippen molar-refractivity contribution in [2.45, 2.75) is 13.5 Å². The average Bonchev–Trinajstić information content (AvgIpc) is 3.28. The van der Waals surface area contributed by atoms with E-state index < -0.39 is 0 Å². The number of hydrogen-bond acceptors (Lipinski definition) is 6. The van der Waals surface area contributed by atoms with E-state index in [1.165, 1.54) is 4.70 Å². The summed E-state index contributed by atoms with van der Waals surface area (Å²) in [6, 6.07) is 13.5. The minimum Gasteiger partial charge on any atom is -0.504 e. The normalized spacial score (nSPS) is 13.8. The lowest BCUT2D eigenvalue weighted by Gasteiger charge is -2.18. The van der Waals surface area contributed by atoms with Crippen LogP contribution in [0.2, 0.25) is 0 Å². The molecular formula is C22H18N2O4S. The number of hydrogen-bond donors (Lipinski definition) is 1. The number of fused-ring (bicyclic) bond motifs is 2. The first kappa shape index (κ1) is 17.8. The molecule has 1 amide bonds. The van der Waals surface area contributed by atoms with Crippen molar-refractivity contribution in [3.63, 3.8) is 0 Å². The molecule has 0 spiro atoms. The Labute approximate surface area is 170 Å².